The van der Waals surface area contributed by atoms with E-state index < -0.39 is 0 Å². The summed E-state index contributed by atoms with van der Waals surface area (Å²) in [6, 6.07) is 5.83. The molecule has 1 amide bonds. The van der Waals surface area contributed by atoms with E-state index in [1.54, 1.807) is 6.07 Å². The topological polar surface area (TPSA) is 72.1 Å². The summed E-state index contributed by atoms with van der Waals surface area (Å²) in [4.78, 5) is 12.9. The smallest absolute Gasteiger partial charge is 0.252 e. The fourth-order valence-corrected chi connectivity index (χ4v) is 5.38. The predicted octanol–water partition coefficient (Wildman–Crippen LogP) is 3.82. The molecule has 146 valence electrons. The third-order valence-corrected chi connectivity index (χ3v) is 6.38. The van der Waals surface area contributed by atoms with Crippen molar-refractivity contribution in [1.29, 1.82) is 0 Å². The number of fused-ring (bicyclic) bond motifs is 10. The Hall–Kier alpha value is -3.28. The van der Waals surface area contributed by atoms with Crippen LogP contribution in [0, 0.1) is 0 Å². The Balaban J connectivity index is 1.90. The molecule has 3 heterocycles. The van der Waals surface area contributed by atoms with Gasteiger partial charge in [0.15, 0.2) is 0 Å². The number of rotatable bonds is 1. The molecular formula is C23H22N4O2. The van der Waals surface area contributed by atoms with Crippen molar-refractivity contribution in [2.45, 2.75) is 39.3 Å². The number of benzene rings is 2. The summed E-state index contributed by atoms with van der Waals surface area (Å²) in [6.45, 7) is 4.89. The lowest BCUT2D eigenvalue weighted by Crippen LogP contribution is -2.15. The molecule has 1 aliphatic carbocycles. The van der Waals surface area contributed by atoms with E-state index >= 15 is 0 Å². The summed E-state index contributed by atoms with van der Waals surface area (Å²) in [7, 11) is 1.94. The van der Waals surface area contributed by atoms with Crippen molar-refractivity contribution in [3.05, 3.63) is 46.8 Å². The highest BCUT2D eigenvalue weighted by Gasteiger charge is 2.35. The van der Waals surface area contributed by atoms with Crippen molar-refractivity contribution in [2.24, 2.45) is 7.05 Å². The molecule has 0 unspecified atom stereocenters. The molecule has 0 fully saturated rings. The third kappa shape index (κ3) is 2.01. The van der Waals surface area contributed by atoms with Crippen LogP contribution < -0.4 is 5.32 Å². The van der Waals surface area contributed by atoms with Gasteiger partial charge in [-0.2, -0.15) is 5.10 Å². The number of amides is 1. The van der Waals surface area contributed by atoms with Gasteiger partial charge < -0.3 is 15.0 Å². The number of nitrogens with one attached hydrogen (secondary N) is 1. The SMILES string of the molecule is CC(C)n1c2ccc(O)cc2c2c3c(c4c(c21)CCc1nn(C)cc1-4)C(=O)NC3. The van der Waals surface area contributed by atoms with E-state index in [-0.39, 0.29) is 17.7 Å². The third-order valence-electron chi connectivity index (χ3n) is 6.38. The summed E-state index contributed by atoms with van der Waals surface area (Å²) in [5.74, 6) is 0.235. The zero-order valence-electron chi connectivity index (χ0n) is 16.7. The van der Waals surface area contributed by atoms with Gasteiger partial charge >= 0.3 is 0 Å². The van der Waals surface area contributed by atoms with E-state index in [1.807, 2.05) is 30.1 Å². The number of hydrogen-bond acceptors (Lipinski definition) is 3. The van der Waals surface area contributed by atoms with E-state index in [4.69, 9.17) is 0 Å². The molecule has 0 bridgehead atoms. The predicted molar refractivity (Wildman–Crippen MR) is 112 cm³/mol. The largest absolute Gasteiger partial charge is 0.508 e. The molecule has 2 N–H and O–H groups in total. The number of carbonyl (C=O) groups is 1. The Bertz CT molecular complexity index is 1370. The van der Waals surface area contributed by atoms with Crippen LogP contribution in [0.5, 0.6) is 5.75 Å². The Labute approximate surface area is 167 Å². The second kappa shape index (κ2) is 5.41. The lowest BCUT2D eigenvalue weighted by molar-refractivity contribution is 0.0966. The summed E-state index contributed by atoms with van der Waals surface area (Å²) < 4.78 is 4.21. The maximum Gasteiger partial charge on any atom is 0.252 e. The minimum absolute atomic E-state index is 0.0135. The number of aromatic hydroxyl groups is 1. The van der Waals surface area contributed by atoms with Crippen LogP contribution in [0.4, 0.5) is 0 Å². The zero-order chi connectivity index (χ0) is 20.0. The van der Waals surface area contributed by atoms with Gasteiger partial charge in [0.25, 0.3) is 5.91 Å². The number of carbonyl (C=O) groups excluding carboxylic acids is 1. The lowest BCUT2D eigenvalue weighted by Gasteiger charge is -2.22. The van der Waals surface area contributed by atoms with Gasteiger partial charge in [-0.25, -0.2) is 0 Å². The van der Waals surface area contributed by atoms with Gasteiger partial charge in [-0.15, -0.1) is 0 Å². The Morgan fingerprint density at radius 3 is 2.79 bits per heavy atom. The number of phenolic OH excluding ortho intramolecular Hbond substituents is 1. The average Bonchev–Trinajstić information content (AvgIpc) is 3.33. The summed E-state index contributed by atoms with van der Waals surface area (Å²) in [5, 5.41) is 20.0. The van der Waals surface area contributed by atoms with Gasteiger partial charge in [-0.05, 0) is 56.0 Å². The van der Waals surface area contributed by atoms with Gasteiger partial charge in [0.2, 0.25) is 0 Å². The molecular weight excluding hydrogens is 364 g/mol. The first kappa shape index (κ1) is 16.7. The van der Waals surface area contributed by atoms with Crippen LogP contribution in [0.3, 0.4) is 0 Å². The Morgan fingerprint density at radius 2 is 2.00 bits per heavy atom. The summed E-state index contributed by atoms with van der Waals surface area (Å²) >= 11 is 0. The summed E-state index contributed by atoms with van der Waals surface area (Å²) in [6.07, 6.45) is 3.76. The van der Waals surface area contributed by atoms with Gasteiger partial charge in [-0.3, -0.25) is 9.48 Å². The van der Waals surface area contributed by atoms with E-state index in [0.717, 1.165) is 57.1 Å². The van der Waals surface area contributed by atoms with Crippen LogP contribution in [0.2, 0.25) is 0 Å². The molecule has 4 aromatic rings. The van der Waals surface area contributed by atoms with E-state index in [9.17, 15) is 9.90 Å². The van der Waals surface area contributed by atoms with Gasteiger partial charge in [0.05, 0.1) is 16.8 Å². The molecule has 6 rings (SSSR count). The second-order valence-corrected chi connectivity index (χ2v) is 8.44. The standard InChI is InChI=1S/C23H22N4O2/c1-11(2)27-18-7-4-12(28)8-14(18)20-15-9-24-23(29)21(15)19-13(22(20)27)5-6-17-16(19)10-26(3)25-17/h4,7-8,10-11,28H,5-6,9H2,1-3H3,(H,24,29). The van der Waals surface area contributed by atoms with Crippen LogP contribution in [0.1, 0.15) is 47.1 Å². The maximum absolute atomic E-state index is 12.9. The fraction of sp³-hybridized carbons (Fsp3) is 0.304. The molecule has 0 atom stereocenters. The maximum atomic E-state index is 12.9. The van der Waals surface area contributed by atoms with Crippen molar-refractivity contribution in [2.75, 3.05) is 0 Å². The summed E-state index contributed by atoms with van der Waals surface area (Å²) in [5.41, 5.74) is 8.52. The molecule has 2 aromatic heterocycles. The highest BCUT2D eigenvalue weighted by Crippen LogP contribution is 2.47. The number of hydrogen-bond donors (Lipinski definition) is 2. The van der Waals surface area contributed by atoms with Crippen LogP contribution in [-0.2, 0) is 26.4 Å². The number of phenols is 1. The Kier molecular flexibility index (Phi) is 3.10. The molecule has 0 spiro atoms. The molecule has 0 radical (unpaired) electrons. The van der Waals surface area contributed by atoms with Crippen LogP contribution in [-0.4, -0.2) is 25.4 Å². The quantitative estimate of drug-likeness (QED) is 0.522. The van der Waals surface area contributed by atoms with Gasteiger partial charge in [-0.1, -0.05) is 0 Å². The molecule has 0 saturated carbocycles. The van der Waals surface area contributed by atoms with Crippen molar-refractivity contribution in [1.82, 2.24) is 19.7 Å². The molecule has 1 aliphatic heterocycles. The molecule has 6 heteroatoms. The second-order valence-electron chi connectivity index (χ2n) is 8.44. The van der Waals surface area contributed by atoms with Crippen LogP contribution in [0.15, 0.2) is 24.4 Å². The highest BCUT2D eigenvalue weighted by molar-refractivity contribution is 6.19. The van der Waals surface area contributed by atoms with Gasteiger partial charge in [0.1, 0.15) is 5.75 Å². The van der Waals surface area contributed by atoms with Crippen molar-refractivity contribution < 1.29 is 9.90 Å². The van der Waals surface area contributed by atoms with Crippen LogP contribution >= 0.6 is 0 Å². The minimum Gasteiger partial charge on any atom is -0.508 e. The fourth-order valence-electron chi connectivity index (χ4n) is 5.38. The molecule has 2 aliphatic rings. The molecule has 29 heavy (non-hydrogen) atoms. The number of nitrogens with zero attached hydrogens (tertiary/aromatic N) is 3. The first-order chi connectivity index (χ1) is 14.0. The zero-order valence-corrected chi connectivity index (χ0v) is 16.7. The van der Waals surface area contributed by atoms with Gasteiger partial charge in [0, 0.05) is 53.2 Å². The molecule has 6 nitrogen and oxygen atoms in total. The monoisotopic (exact) mass is 386 g/mol. The lowest BCUT2D eigenvalue weighted by atomic mass is 9.82. The van der Waals surface area contributed by atoms with Crippen LogP contribution in [0.25, 0.3) is 32.9 Å². The van der Waals surface area contributed by atoms with E-state index in [2.05, 4.69) is 28.8 Å². The van der Waals surface area contributed by atoms with E-state index in [1.165, 1.54) is 11.1 Å². The highest BCUT2D eigenvalue weighted by atomic mass is 16.3. The van der Waals surface area contributed by atoms with Crippen molar-refractivity contribution in [3.63, 3.8) is 0 Å². The van der Waals surface area contributed by atoms with Crippen molar-refractivity contribution in [3.8, 4) is 16.9 Å². The normalized spacial score (nSPS) is 15.1. The van der Waals surface area contributed by atoms with E-state index in [0.29, 0.717) is 6.54 Å². The van der Waals surface area contributed by atoms with Crippen molar-refractivity contribution >= 4 is 27.7 Å². The molecule has 2 aromatic carbocycles. The minimum atomic E-state index is -0.0135. The average molecular weight is 386 g/mol. The number of aryl methyl sites for hydroxylation is 3. The first-order valence-corrected chi connectivity index (χ1v) is 10.1. The first-order valence-electron chi connectivity index (χ1n) is 10.1. The number of aromatic nitrogens is 3. The Morgan fingerprint density at radius 1 is 1.17 bits per heavy atom. The molecule has 0 saturated heterocycles.